The van der Waals surface area contributed by atoms with E-state index in [2.05, 4.69) is 0 Å². The number of rotatable bonds is 4. The van der Waals surface area contributed by atoms with Crippen molar-refractivity contribution in [2.24, 2.45) is 0 Å². The van der Waals surface area contributed by atoms with Crippen LogP contribution in [0.5, 0.6) is 11.5 Å². The molecule has 0 fully saturated rings. The zero-order chi connectivity index (χ0) is 13.9. The van der Waals surface area contributed by atoms with Gasteiger partial charge in [0.25, 0.3) is 5.91 Å². The third kappa shape index (κ3) is 2.49. The van der Waals surface area contributed by atoms with Crippen LogP contribution < -0.4 is 9.47 Å². The van der Waals surface area contributed by atoms with Gasteiger partial charge in [-0.25, -0.2) is 0 Å². The van der Waals surface area contributed by atoms with E-state index in [4.69, 9.17) is 9.47 Å². The van der Waals surface area contributed by atoms with Gasteiger partial charge in [0, 0.05) is 13.1 Å². The number of fused-ring (bicyclic) bond motifs is 1. The maximum atomic E-state index is 12.4. The summed E-state index contributed by atoms with van der Waals surface area (Å²) in [6.07, 6.45) is 0. The lowest BCUT2D eigenvalue weighted by Crippen LogP contribution is -2.29. The highest BCUT2D eigenvalue weighted by molar-refractivity contribution is 7.12. The molecule has 2 aromatic rings. The van der Waals surface area contributed by atoms with E-state index < -0.39 is 0 Å². The third-order valence-corrected chi connectivity index (χ3v) is 4.07. The Hall–Kier alpha value is -2.01. The van der Waals surface area contributed by atoms with E-state index in [1.54, 1.807) is 0 Å². The molecule has 1 aliphatic heterocycles. The molecule has 1 aromatic carbocycles. The fourth-order valence-electron chi connectivity index (χ4n) is 2.14. The first kappa shape index (κ1) is 13.0. The summed E-state index contributed by atoms with van der Waals surface area (Å²) in [5, 5.41) is 1.92. The molecule has 3 rings (SSSR count). The molecule has 0 N–H and O–H groups in total. The van der Waals surface area contributed by atoms with Gasteiger partial charge in [0.05, 0.1) is 4.88 Å². The molecule has 1 aliphatic rings. The Kier molecular flexibility index (Phi) is 3.60. The number of carbonyl (C=O) groups is 1. The second kappa shape index (κ2) is 5.54. The topological polar surface area (TPSA) is 38.8 Å². The Balaban J connectivity index is 1.76. The minimum Gasteiger partial charge on any atom is -0.454 e. The molecule has 2 heterocycles. The molecule has 0 bridgehead atoms. The summed E-state index contributed by atoms with van der Waals surface area (Å²) in [5.74, 6) is 1.59. The van der Waals surface area contributed by atoms with Crippen LogP contribution in [-0.4, -0.2) is 24.1 Å². The van der Waals surface area contributed by atoms with Crippen LogP contribution in [0.1, 0.15) is 22.2 Å². The monoisotopic (exact) mass is 289 g/mol. The molecule has 0 saturated carbocycles. The van der Waals surface area contributed by atoms with E-state index in [9.17, 15) is 4.79 Å². The van der Waals surface area contributed by atoms with E-state index >= 15 is 0 Å². The van der Waals surface area contributed by atoms with Gasteiger partial charge in [0.15, 0.2) is 11.5 Å². The van der Waals surface area contributed by atoms with Crippen molar-refractivity contribution < 1.29 is 14.3 Å². The molecule has 1 amide bonds. The minimum absolute atomic E-state index is 0.0696. The zero-order valence-corrected chi connectivity index (χ0v) is 12.0. The Morgan fingerprint density at radius 3 is 2.90 bits per heavy atom. The van der Waals surface area contributed by atoms with Crippen molar-refractivity contribution in [3.05, 3.63) is 46.2 Å². The lowest BCUT2D eigenvalue weighted by Gasteiger charge is -2.20. The fraction of sp³-hybridized carbons (Fsp3) is 0.267. The van der Waals surface area contributed by atoms with Crippen molar-refractivity contribution in [2.45, 2.75) is 13.5 Å². The summed E-state index contributed by atoms with van der Waals surface area (Å²) in [6.45, 7) is 3.50. The predicted octanol–water partition coefficient (Wildman–Crippen LogP) is 3.14. The van der Waals surface area contributed by atoms with Crippen LogP contribution in [0.3, 0.4) is 0 Å². The van der Waals surface area contributed by atoms with Crippen LogP contribution >= 0.6 is 11.3 Å². The van der Waals surface area contributed by atoms with Gasteiger partial charge in [-0.1, -0.05) is 12.1 Å². The standard InChI is InChI=1S/C15H15NO3S/c1-2-16(15(17)14-4-3-7-20-14)9-11-5-6-12-13(8-11)19-10-18-12/h3-8H,2,9-10H2,1H3. The lowest BCUT2D eigenvalue weighted by atomic mass is 10.2. The molecule has 1 aromatic heterocycles. The Morgan fingerprint density at radius 1 is 1.30 bits per heavy atom. The number of benzene rings is 1. The van der Waals surface area contributed by atoms with Crippen LogP contribution in [0.15, 0.2) is 35.7 Å². The molecule has 0 unspecified atom stereocenters. The fourth-order valence-corrected chi connectivity index (χ4v) is 2.83. The molecule has 5 heteroatoms. The summed E-state index contributed by atoms with van der Waals surface area (Å²) < 4.78 is 10.7. The van der Waals surface area contributed by atoms with Crippen LogP contribution in [0.4, 0.5) is 0 Å². The summed E-state index contributed by atoms with van der Waals surface area (Å²) >= 11 is 1.47. The number of thiophene rings is 1. The number of amides is 1. The average Bonchev–Trinajstić information content (AvgIpc) is 3.14. The van der Waals surface area contributed by atoms with Gasteiger partial charge in [-0.05, 0) is 36.1 Å². The van der Waals surface area contributed by atoms with Crippen molar-refractivity contribution in [1.82, 2.24) is 4.90 Å². The van der Waals surface area contributed by atoms with Crippen LogP contribution in [0.25, 0.3) is 0 Å². The average molecular weight is 289 g/mol. The summed E-state index contributed by atoms with van der Waals surface area (Å²) in [4.78, 5) is 14.9. The highest BCUT2D eigenvalue weighted by Crippen LogP contribution is 2.32. The van der Waals surface area contributed by atoms with Gasteiger partial charge in [-0.15, -0.1) is 11.3 Å². The van der Waals surface area contributed by atoms with Gasteiger partial charge >= 0.3 is 0 Å². The molecule has 20 heavy (non-hydrogen) atoms. The molecular formula is C15H15NO3S. The third-order valence-electron chi connectivity index (χ3n) is 3.21. The second-order valence-corrected chi connectivity index (χ2v) is 5.43. The van der Waals surface area contributed by atoms with Crippen LogP contribution in [0.2, 0.25) is 0 Å². The van der Waals surface area contributed by atoms with Crippen molar-refractivity contribution >= 4 is 17.2 Å². The molecule has 0 atom stereocenters. The highest BCUT2D eigenvalue weighted by atomic mass is 32.1. The van der Waals surface area contributed by atoms with E-state index in [-0.39, 0.29) is 12.7 Å². The van der Waals surface area contributed by atoms with Crippen molar-refractivity contribution in [1.29, 1.82) is 0 Å². The number of ether oxygens (including phenoxy) is 2. The summed E-state index contributed by atoms with van der Waals surface area (Å²) in [5.41, 5.74) is 1.04. The molecule has 0 aliphatic carbocycles. The van der Waals surface area contributed by atoms with Gasteiger partial charge in [0.2, 0.25) is 6.79 Å². The first-order valence-corrected chi connectivity index (χ1v) is 7.37. The molecule has 0 saturated heterocycles. The molecule has 0 radical (unpaired) electrons. The Morgan fingerprint density at radius 2 is 2.15 bits per heavy atom. The first-order valence-electron chi connectivity index (χ1n) is 6.49. The van der Waals surface area contributed by atoms with Crippen molar-refractivity contribution in [2.75, 3.05) is 13.3 Å². The van der Waals surface area contributed by atoms with Crippen molar-refractivity contribution in [3.8, 4) is 11.5 Å². The highest BCUT2D eigenvalue weighted by Gasteiger charge is 2.18. The molecule has 104 valence electrons. The Bertz CT molecular complexity index is 610. The SMILES string of the molecule is CCN(Cc1ccc2c(c1)OCO2)C(=O)c1cccs1. The zero-order valence-electron chi connectivity index (χ0n) is 11.2. The van der Waals surface area contributed by atoms with Gasteiger partial charge < -0.3 is 14.4 Å². The molecule has 0 spiro atoms. The number of nitrogens with zero attached hydrogens (tertiary/aromatic N) is 1. The predicted molar refractivity (Wildman–Crippen MR) is 77.3 cm³/mol. The lowest BCUT2D eigenvalue weighted by molar-refractivity contribution is 0.0757. The minimum atomic E-state index is 0.0696. The van der Waals surface area contributed by atoms with Crippen LogP contribution in [-0.2, 0) is 6.54 Å². The van der Waals surface area contributed by atoms with Gasteiger partial charge in [0.1, 0.15) is 0 Å². The number of hydrogen-bond donors (Lipinski definition) is 0. The Labute approximate surface area is 121 Å². The summed E-state index contributed by atoms with van der Waals surface area (Å²) in [6, 6.07) is 9.55. The maximum absolute atomic E-state index is 12.4. The largest absolute Gasteiger partial charge is 0.454 e. The van der Waals surface area contributed by atoms with Gasteiger partial charge in [-0.2, -0.15) is 0 Å². The smallest absolute Gasteiger partial charge is 0.264 e. The van der Waals surface area contributed by atoms with Crippen molar-refractivity contribution in [3.63, 3.8) is 0 Å². The van der Waals surface area contributed by atoms with E-state index in [1.165, 1.54) is 11.3 Å². The van der Waals surface area contributed by atoms with E-state index in [1.807, 2.05) is 47.5 Å². The molecular weight excluding hydrogens is 274 g/mol. The van der Waals surface area contributed by atoms with Crippen LogP contribution in [0, 0.1) is 0 Å². The normalized spacial score (nSPS) is 12.4. The quantitative estimate of drug-likeness (QED) is 0.868. The number of carbonyl (C=O) groups excluding carboxylic acids is 1. The second-order valence-electron chi connectivity index (χ2n) is 4.48. The number of hydrogen-bond acceptors (Lipinski definition) is 4. The van der Waals surface area contributed by atoms with Gasteiger partial charge in [-0.3, -0.25) is 4.79 Å². The van der Waals surface area contributed by atoms with E-state index in [0.717, 1.165) is 21.9 Å². The maximum Gasteiger partial charge on any atom is 0.264 e. The summed E-state index contributed by atoms with van der Waals surface area (Å²) in [7, 11) is 0. The van der Waals surface area contributed by atoms with E-state index in [0.29, 0.717) is 13.1 Å². The first-order chi connectivity index (χ1) is 9.78. The molecule has 4 nitrogen and oxygen atoms in total.